The molecule has 106 valence electrons. The molecule has 1 unspecified atom stereocenters. The first-order valence-electron chi connectivity index (χ1n) is 7.08. The second-order valence-corrected chi connectivity index (χ2v) is 5.48. The van der Waals surface area contributed by atoms with E-state index in [0.717, 1.165) is 43.9 Å². The topological polar surface area (TPSA) is 50.2 Å². The van der Waals surface area contributed by atoms with Crippen LogP contribution in [0.15, 0.2) is 6.07 Å². The molecule has 1 amide bonds. The Hall–Kier alpha value is -1.36. The summed E-state index contributed by atoms with van der Waals surface area (Å²) in [5, 5.41) is 7.73. The summed E-state index contributed by atoms with van der Waals surface area (Å²) in [4.78, 5) is 13.9. The molecule has 0 radical (unpaired) electrons. The highest BCUT2D eigenvalue weighted by molar-refractivity contribution is 5.78. The summed E-state index contributed by atoms with van der Waals surface area (Å²) in [6.07, 6.45) is 2.29. The van der Waals surface area contributed by atoms with Crippen LogP contribution in [0.5, 0.6) is 0 Å². The molecule has 0 spiro atoms. The lowest BCUT2D eigenvalue weighted by molar-refractivity contribution is -0.129. The third-order valence-corrected chi connectivity index (χ3v) is 3.61. The van der Waals surface area contributed by atoms with Gasteiger partial charge in [0.1, 0.15) is 0 Å². The molecule has 5 heteroatoms. The normalized spacial score (nSPS) is 16.9. The van der Waals surface area contributed by atoms with Crippen LogP contribution in [0.1, 0.15) is 31.2 Å². The van der Waals surface area contributed by atoms with Crippen molar-refractivity contribution in [2.75, 3.05) is 19.6 Å². The number of aromatic nitrogens is 2. The summed E-state index contributed by atoms with van der Waals surface area (Å²) in [5.74, 6) is 0.220. The van der Waals surface area contributed by atoms with Gasteiger partial charge in [0.15, 0.2) is 0 Å². The van der Waals surface area contributed by atoms with Gasteiger partial charge in [-0.05, 0) is 39.7 Å². The Labute approximate surface area is 115 Å². The van der Waals surface area contributed by atoms with Crippen molar-refractivity contribution in [2.24, 2.45) is 0 Å². The van der Waals surface area contributed by atoms with Crippen LogP contribution in [0.2, 0.25) is 0 Å². The third-order valence-electron chi connectivity index (χ3n) is 3.61. The molecule has 1 aromatic heterocycles. The average Bonchev–Trinajstić information content (AvgIpc) is 2.97. The second kappa shape index (κ2) is 6.19. The first-order valence-corrected chi connectivity index (χ1v) is 7.08. The summed E-state index contributed by atoms with van der Waals surface area (Å²) in [6, 6.07) is 2.31. The van der Waals surface area contributed by atoms with Crippen LogP contribution in [-0.2, 0) is 11.3 Å². The van der Waals surface area contributed by atoms with Gasteiger partial charge < -0.3 is 10.2 Å². The fourth-order valence-corrected chi connectivity index (χ4v) is 2.52. The van der Waals surface area contributed by atoms with Crippen molar-refractivity contribution in [2.45, 2.75) is 46.2 Å². The van der Waals surface area contributed by atoms with Crippen LogP contribution in [0, 0.1) is 13.8 Å². The summed E-state index contributed by atoms with van der Waals surface area (Å²) in [5.41, 5.74) is 2.20. The molecule has 1 fully saturated rings. The Morgan fingerprint density at radius 1 is 1.42 bits per heavy atom. The van der Waals surface area contributed by atoms with Gasteiger partial charge in [-0.2, -0.15) is 5.10 Å². The monoisotopic (exact) mass is 264 g/mol. The second-order valence-electron chi connectivity index (χ2n) is 5.48. The van der Waals surface area contributed by atoms with Gasteiger partial charge in [-0.25, -0.2) is 0 Å². The minimum Gasteiger partial charge on any atom is -0.342 e. The number of hydrogen-bond donors (Lipinski definition) is 1. The van der Waals surface area contributed by atoms with Crippen LogP contribution < -0.4 is 5.32 Å². The Bertz CT molecular complexity index is 435. The number of carbonyl (C=O) groups is 1. The highest BCUT2D eigenvalue weighted by Gasteiger charge is 2.18. The smallest absolute Gasteiger partial charge is 0.236 e. The van der Waals surface area contributed by atoms with Crippen LogP contribution in [0.3, 0.4) is 0 Å². The largest absolute Gasteiger partial charge is 0.342 e. The Balaban J connectivity index is 1.76. The van der Waals surface area contributed by atoms with E-state index in [1.807, 2.05) is 16.5 Å². The van der Waals surface area contributed by atoms with Crippen molar-refractivity contribution in [1.82, 2.24) is 20.0 Å². The van der Waals surface area contributed by atoms with Gasteiger partial charge in [-0.15, -0.1) is 0 Å². The first kappa shape index (κ1) is 14.1. The molecule has 0 aliphatic carbocycles. The fourth-order valence-electron chi connectivity index (χ4n) is 2.52. The van der Waals surface area contributed by atoms with E-state index in [9.17, 15) is 4.79 Å². The lowest BCUT2D eigenvalue weighted by Crippen LogP contribution is -2.41. The third kappa shape index (κ3) is 3.80. The maximum Gasteiger partial charge on any atom is 0.236 e. The van der Waals surface area contributed by atoms with Gasteiger partial charge >= 0.3 is 0 Å². The molecular formula is C14H24N4O. The number of hydrogen-bond acceptors (Lipinski definition) is 3. The Kier molecular flexibility index (Phi) is 4.58. The first-order chi connectivity index (χ1) is 9.06. The van der Waals surface area contributed by atoms with Gasteiger partial charge in [0, 0.05) is 24.8 Å². The summed E-state index contributed by atoms with van der Waals surface area (Å²) >= 11 is 0. The molecule has 2 heterocycles. The quantitative estimate of drug-likeness (QED) is 0.866. The lowest BCUT2D eigenvalue weighted by atomic mass is 10.3. The standard InChI is InChI=1S/C14H24N4O/c1-11-8-13(3)18(16-11)10-12(2)15-9-14(19)17-6-4-5-7-17/h8,12,15H,4-7,9-10H2,1-3H3. The molecule has 1 N–H and O–H groups in total. The number of amides is 1. The van der Waals surface area contributed by atoms with E-state index in [4.69, 9.17) is 0 Å². The Morgan fingerprint density at radius 3 is 2.68 bits per heavy atom. The molecule has 0 saturated carbocycles. The molecule has 19 heavy (non-hydrogen) atoms. The minimum atomic E-state index is 0.220. The van der Waals surface area contributed by atoms with E-state index < -0.39 is 0 Å². The predicted octanol–water partition coefficient (Wildman–Crippen LogP) is 1.10. The zero-order chi connectivity index (χ0) is 13.8. The maximum atomic E-state index is 11.9. The molecule has 2 rings (SSSR count). The highest BCUT2D eigenvalue weighted by atomic mass is 16.2. The van der Waals surface area contributed by atoms with Crippen molar-refractivity contribution in [3.8, 4) is 0 Å². The molecule has 0 aromatic carbocycles. The predicted molar refractivity (Wildman–Crippen MR) is 75.0 cm³/mol. The molecule has 0 bridgehead atoms. The Morgan fingerprint density at radius 2 is 2.11 bits per heavy atom. The summed E-state index contributed by atoms with van der Waals surface area (Å²) < 4.78 is 1.99. The van der Waals surface area contributed by atoms with Crippen LogP contribution in [-0.4, -0.2) is 46.3 Å². The molecule has 1 aliphatic heterocycles. The average molecular weight is 264 g/mol. The number of likely N-dealkylation sites (tertiary alicyclic amines) is 1. The van der Waals surface area contributed by atoms with E-state index in [2.05, 4.69) is 30.3 Å². The molecule has 1 aliphatic rings. The zero-order valence-corrected chi connectivity index (χ0v) is 12.1. The zero-order valence-electron chi connectivity index (χ0n) is 12.1. The van der Waals surface area contributed by atoms with Crippen molar-refractivity contribution < 1.29 is 4.79 Å². The van der Waals surface area contributed by atoms with Crippen molar-refractivity contribution in [1.29, 1.82) is 0 Å². The van der Waals surface area contributed by atoms with Crippen molar-refractivity contribution >= 4 is 5.91 Å². The van der Waals surface area contributed by atoms with E-state index in [1.165, 1.54) is 0 Å². The SMILES string of the molecule is Cc1cc(C)n(CC(C)NCC(=O)N2CCCC2)n1. The highest BCUT2D eigenvalue weighted by Crippen LogP contribution is 2.07. The summed E-state index contributed by atoms with van der Waals surface area (Å²) in [7, 11) is 0. The van der Waals surface area contributed by atoms with Crippen LogP contribution in [0.25, 0.3) is 0 Å². The number of aryl methyl sites for hydroxylation is 2. The van der Waals surface area contributed by atoms with Crippen molar-refractivity contribution in [3.05, 3.63) is 17.5 Å². The fraction of sp³-hybridized carbons (Fsp3) is 0.714. The van der Waals surface area contributed by atoms with E-state index in [0.29, 0.717) is 6.54 Å². The minimum absolute atomic E-state index is 0.220. The van der Waals surface area contributed by atoms with Gasteiger partial charge in [-0.1, -0.05) is 0 Å². The van der Waals surface area contributed by atoms with Crippen molar-refractivity contribution in [3.63, 3.8) is 0 Å². The van der Waals surface area contributed by atoms with Crippen LogP contribution in [0.4, 0.5) is 0 Å². The lowest BCUT2D eigenvalue weighted by Gasteiger charge is -2.19. The van der Waals surface area contributed by atoms with E-state index >= 15 is 0 Å². The molecule has 1 aromatic rings. The molecule has 5 nitrogen and oxygen atoms in total. The number of nitrogens with zero attached hydrogens (tertiary/aromatic N) is 3. The van der Waals surface area contributed by atoms with Gasteiger partial charge in [-0.3, -0.25) is 9.48 Å². The maximum absolute atomic E-state index is 11.9. The number of nitrogens with one attached hydrogen (secondary N) is 1. The number of carbonyl (C=O) groups excluding carboxylic acids is 1. The van der Waals surface area contributed by atoms with Gasteiger partial charge in [0.05, 0.1) is 18.8 Å². The van der Waals surface area contributed by atoms with Gasteiger partial charge in [0.25, 0.3) is 0 Å². The molecule has 1 saturated heterocycles. The molecule has 1 atom stereocenters. The van der Waals surface area contributed by atoms with E-state index in [1.54, 1.807) is 0 Å². The van der Waals surface area contributed by atoms with E-state index in [-0.39, 0.29) is 11.9 Å². The summed E-state index contributed by atoms with van der Waals surface area (Å²) in [6.45, 7) is 9.22. The van der Waals surface area contributed by atoms with Crippen LogP contribution >= 0.6 is 0 Å². The van der Waals surface area contributed by atoms with Gasteiger partial charge in [0.2, 0.25) is 5.91 Å². The number of rotatable bonds is 5. The molecular weight excluding hydrogens is 240 g/mol.